The van der Waals surface area contributed by atoms with Crippen LogP contribution in [0.4, 0.5) is 4.39 Å². The fourth-order valence-electron chi connectivity index (χ4n) is 9.20. The molecule has 0 spiro atoms. The second kappa shape index (κ2) is 8.02. The lowest BCUT2D eigenvalue weighted by Gasteiger charge is -2.59. The van der Waals surface area contributed by atoms with Gasteiger partial charge in [0.1, 0.15) is 17.7 Å². The molecule has 0 bridgehead atoms. The van der Waals surface area contributed by atoms with Gasteiger partial charge < -0.3 is 5.11 Å². The number of carbonyl (C=O) groups excluding carboxylic acids is 1. The highest BCUT2D eigenvalue weighted by Crippen LogP contribution is 2.67. The van der Waals surface area contributed by atoms with Crippen molar-refractivity contribution >= 4 is 5.94 Å². The van der Waals surface area contributed by atoms with E-state index in [2.05, 4.69) is 24.0 Å². The van der Waals surface area contributed by atoms with Crippen molar-refractivity contribution in [2.75, 3.05) is 0 Å². The summed E-state index contributed by atoms with van der Waals surface area (Å²) in [7, 11) is 0. The van der Waals surface area contributed by atoms with E-state index in [1.54, 1.807) is 10.9 Å². The van der Waals surface area contributed by atoms with Crippen molar-refractivity contribution < 1.29 is 14.3 Å². The zero-order chi connectivity index (χ0) is 24.6. The Balaban J connectivity index is 1.22. The summed E-state index contributed by atoms with van der Waals surface area (Å²) in [5.41, 5.74) is 0.392. The fourth-order valence-corrected chi connectivity index (χ4v) is 9.20. The molecule has 5 nitrogen and oxygen atoms in total. The highest BCUT2D eigenvalue weighted by Gasteiger charge is 2.63. The van der Waals surface area contributed by atoms with Gasteiger partial charge in [0.2, 0.25) is 0 Å². The molecule has 0 aromatic carbocycles. The molecular formula is C29H38FN3O2. The van der Waals surface area contributed by atoms with Crippen molar-refractivity contribution in [3.05, 3.63) is 23.0 Å². The second-order valence-corrected chi connectivity index (χ2v) is 13.1. The maximum absolute atomic E-state index is 16.6. The predicted octanol–water partition coefficient (Wildman–Crippen LogP) is 5.50. The number of hydrogen-bond acceptors (Lipinski definition) is 4. The summed E-state index contributed by atoms with van der Waals surface area (Å²) in [5, 5.41) is 24.8. The summed E-state index contributed by atoms with van der Waals surface area (Å²) >= 11 is 0. The van der Waals surface area contributed by atoms with E-state index in [4.69, 9.17) is 0 Å². The molecule has 5 saturated carbocycles. The highest BCUT2D eigenvalue weighted by molar-refractivity contribution is 5.54. The van der Waals surface area contributed by atoms with Gasteiger partial charge in [-0.05, 0) is 113 Å². The Morgan fingerprint density at radius 3 is 2.66 bits per heavy atom. The molecule has 5 aliphatic carbocycles. The molecule has 6 rings (SSSR count). The number of hydrogen-bond donors (Lipinski definition) is 1. The third-order valence-electron chi connectivity index (χ3n) is 11.1. The van der Waals surface area contributed by atoms with Gasteiger partial charge in [-0.3, -0.25) is 4.68 Å². The Kier molecular flexibility index (Phi) is 5.37. The van der Waals surface area contributed by atoms with Crippen LogP contribution in [-0.2, 0) is 11.3 Å². The lowest BCUT2D eigenvalue weighted by molar-refractivity contribution is -0.163. The molecule has 1 aromatic rings. The Hall–Kier alpha value is -1.96. The van der Waals surface area contributed by atoms with Gasteiger partial charge in [0, 0.05) is 17.7 Å². The third kappa shape index (κ3) is 3.65. The topological polar surface area (TPSA) is 78.9 Å². The van der Waals surface area contributed by atoms with Crippen LogP contribution in [-0.4, -0.2) is 32.1 Å². The molecule has 188 valence electrons. The number of nitrogens with zero attached hydrogens (tertiary/aromatic N) is 3. The van der Waals surface area contributed by atoms with Crippen molar-refractivity contribution in [2.45, 2.75) is 108 Å². The largest absolute Gasteiger partial charge is 0.390 e. The Morgan fingerprint density at radius 1 is 1.14 bits per heavy atom. The van der Waals surface area contributed by atoms with E-state index in [1.165, 1.54) is 0 Å². The summed E-state index contributed by atoms with van der Waals surface area (Å²) in [6.07, 6.45) is 11.3. The van der Waals surface area contributed by atoms with Gasteiger partial charge in [0.25, 0.3) is 0 Å². The van der Waals surface area contributed by atoms with E-state index in [9.17, 15) is 15.2 Å². The monoisotopic (exact) mass is 479 g/mol. The number of allylic oxidation sites excluding steroid dienone is 1. The Labute approximate surface area is 207 Å². The summed E-state index contributed by atoms with van der Waals surface area (Å²) in [6.45, 7) is 4.61. The molecule has 0 amide bonds. The van der Waals surface area contributed by atoms with Gasteiger partial charge in [0.05, 0.1) is 23.4 Å². The maximum atomic E-state index is 16.6. The molecule has 1 aromatic heterocycles. The average molecular weight is 480 g/mol. The number of rotatable bonds is 4. The highest BCUT2D eigenvalue weighted by atomic mass is 19.1. The Morgan fingerprint density at radius 2 is 1.94 bits per heavy atom. The van der Waals surface area contributed by atoms with Gasteiger partial charge in [-0.25, -0.2) is 9.18 Å². The number of aromatic nitrogens is 2. The molecule has 8 atom stereocenters. The molecule has 6 heteroatoms. The third-order valence-corrected chi connectivity index (χ3v) is 11.1. The Bertz CT molecular complexity index is 1110. The van der Waals surface area contributed by atoms with E-state index in [1.807, 2.05) is 6.92 Å². The number of aliphatic hydroxyl groups is 1. The molecule has 35 heavy (non-hydrogen) atoms. The lowest BCUT2D eigenvalue weighted by atomic mass is 9.47. The predicted molar refractivity (Wildman–Crippen MR) is 130 cm³/mol. The van der Waals surface area contributed by atoms with Crippen molar-refractivity contribution in [1.82, 2.24) is 9.78 Å². The van der Waals surface area contributed by atoms with Crippen LogP contribution in [0.5, 0.6) is 0 Å². The molecule has 0 unspecified atom stereocenters. The summed E-state index contributed by atoms with van der Waals surface area (Å²) in [6, 6.07) is 2.27. The van der Waals surface area contributed by atoms with Gasteiger partial charge in [0.15, 0.2) is 0 Å². The van der Waals surface area contributed by atoms with Crippen LogP contribution in [0.3, 0.4) is 0 Å². The van der Waals surface area contributed by atoms with E-state index in [0.717, 1.165) is 62.6 Å². The van der Waals surface area contributed by atoms with Crippen molar-refractivity contribution in [2.24, 2.45) is 35.0 Å². The van der Waals surface area contributed by atoms with E-state index in [-0.39, 0.29) is 23.2 Å². The standard InChI is InChI=1S/C29H38FN3O2/c1-27(35)11-12-29(30)21(13-27)5-6-22-24-8-7-23(28(24,2)10-9-25(22)29)20(17-34)16-33-15-19(14-31)26(32-33)18-3-4-18/h15,18,21-25,35H,3-13,16H2,1-2H3/t21-,22+,23-,24+,25+,27-,28-,29-/m1/s1. The number of fused-ring (bicyclic) bond motifs is 5. The van der Waals surface area contributed by atoms with Crippen LogP contribution in [0.15, 0.2) is 11.8 Å². The van der Waals surface area contributed by atoms with Crippen LogP contribution >= 0.6 is 0 Å². The van der Waals surface area contributed by atoms with Crippen LogP contribution in [0, 0.1) is 46.3 Å². The molecule has 0 radical (unpaired) electrons. The minimum absolute atomic E-state index is 0.0121. The van der Waals surface area contributed by atoms with E-state index in [0.29, 0.717) is 49.1 Å². The fraction of sp³-hybridized carbons (Fsp3) is 0.793. The normalized spacial score (nSPS) is 44.5. The smallest absolute Gasteiger partial charge is 0.125 e. The molecular weight excluding hydrogens is 441 g/mol. The molecule has 1 heterocycles. The zero-order valence-corrected chi connectivity index (χ0v) is 21.1. The first-order valence-corrected chi connectivity index (χ1v) is 13.8. The first-order valence-electron chi connectivity index (χ1n) is 13.8. The average Bonchev–Trinajstić information content (AvgIpc) is 3.49. The zero-order valence-electron chi connectivity index (χ0n) is 21.1. The van der Waals surface area contributed by atoms with Gasteiger partial charge in [-0.15, -0.1) is 0 Å². The SMILES string of the molecule is C[C@@]1(O)CC[C@@]2(F)[C@H](CC[C@H]3[C@@H]4CC[C@H](C(=C=O)Cn5cc(C#N)c(C6CC6)n5)[C@@]4(C)CC[C@@H]32)C1. The summed E-state index contributed by atoms with van der Waals surface area (Å²) < 4.78 is 18.4. The van der Waals surface area contributed by atoms with Crippen molar-refractivity contribution in [1.29, 1.82) is 5.26 Å². The first-order chi connectivity index (χ1) is 16.7. The van der Waals surface area contributed by atoms with Crippen LogP contribution in [0.25, 0.3) is 0 Å². The van der Waals surface area contributed by atoms with Crippen LogP contribution in [0.2, 0.25) is 0 Å². The van der Waals surface area contributed by atoms with Gasteiger partial charge >= 0.3 is 0 Å². The number of halogens is 1. The minimum atomic E-state index is -1.14. The number of alkyl halides is 1. The van der Waals surface area contributed by atoms with Gasteiger partial charge in [-0.1, -0.05) is 6.92 Å². The molecule has 0 saturated heterocycles. The van der Waals surface area contributed by atoms with Gasteiger partial charge in [-0.2, -0.15) is 10.4 Å². The second-order valence-electron chi connectivity index (χ2n) is 13.1. The minimum Gasteiger partial charge on any atom is -0.390 e. The molecule has 0 aliphatic heterocycles. The van der Waals surface area contributed by atoms with Crippen LogP contribution < -0.4 is 0 Å². The maximum Gasteiger partial charge on any atom is 0.125 e. The van der Waals surface area contributed by atoms with E-state index >= 15 is 4.39 Å². The van der Waals surface area contributed by atoms with Crippen molar-refractivity contribution in [3.8, 4) is 6.07 Å². The molecule has 5 fully saturated rings. The van der Waals surface area contributed by atoms with E-state index < -0.39 is 11.3 Å². The quantitative estimate of drug-likeness (QED) is 0.578. The summed E-state index contributed by atoms with van der Waals surface area (Å²) in [5.74, 6) is 3.70. The van der Waals surface area contributed by atoms with Crippen LogP contribution in [0.1, 0.15) is 102 Å². The summed E-state index contributed by atoms with van der Waals surface area (Å²) in [4.78, 5) is 12.3. The van der Waals surface area contributed by atoms with Crippen molar-refractivity contribution in [3.63, 3.8) is 0 Å². The number of nitriles is 1. The lowest BCUT2D eigenvalue weighted by Crippen LogP contribution is -2.58. The first kappa shape index (κ1) is 23.4. The molecule has 5 aliphatic rings. The molecule has 1 N–H and O–H groups in total.